The van der Waals surface area contributed by atoms with Crippen LogP contribution >= 0.6 is 0 Å². The molecule has 2 amide bonds. The van der Waals surface area contributed by atoms with E-state index in [9.17, 15) is 4.79 Å². The lowest BCUT2D eigenvalue weighted by atomic mass is 9.96. The lowest BCUT2D eigenvalue weighted by Gasteiger charge is -2.27. The molecule has 5 rings (SSSR count). The van der Waals surface area contributed by atoms with E-state index < -0.39 is 0 Å². The second-order valence-electron chi connectivity index (χ2n) is 7.04. The van der Waals surface area contributed by atoms with Gasteiger partial charge in [0.15, 0.2) is 0 Å². The lowest BCUT2D eigenvalue weighted by Crippen LogP contribution is -2.46. The monoisotopic (exact) mass is 320 g/mol. The third kappa shape index (κ3) is 2.08. The van der Waals surface area contributed by atoms with Crippen LogP contribution in [0.2, 0.25) is 0 Å². The number of fused-ring (bicyclic) bond motifs is 2. The van der Waals surface area contributed by atoms with E-state index in [1.807, 2.05) is 23.2 Å². The zero-order valence-electron chi connectivity index (χ0n) is 13.5. The first kappa shape index (κ1) is 13.8. The van der Waals surface area contributed by atoms with Crippen molar-refractivity contribution in [3.05, 3.63) is 42.1 Å². The van der Waals surface area contributed by atoms with Crippen LogP contribution in [0.5, 0.6) is 0 Å². The van der Waals surface area contributed by atoms with E-state index in [0.717, 1.165) is 48.7 Å². The molecule has 1 aliphatic carbocycles. The normalized spacial score (nSPS) is 20.5. The SMILES string of the molecule is O=C1NCCCN1c1cccc(-c2cnc3c(c2)C2(CC2)CN3)c1. The Labute approximate surface area is 141 Å². The number of urea groups is 1. The summed E-state index contributed by atoms with van der Waals surface area (Å²) in [4.78, 5) is 18.5. The van der Waals surface area contributed by atoms with Crippen LogP contribution in [-0.2, 0) is 5.41 Å². The number of nitrogens with zero attached hydrogens (tertiary/aromatic N) is 2. The zero-order valence-corrected chi connectivity index (χ0v) is 13.5. The average Bonchev–Trinajstić information content (AvgIpc) is 3.32. The molecule has 1 saturated carbocycles. The van der Waals surface area contributed by atoms with E-state index in [4.69, 9.17) is 0 Å². The molecule has 3 heterocycles. The highest BCUT2D eigenvalue weighted by Crippen LogP contribution is 2.54. The Kier molecular flexibility index (Phi) is 2.86. The van der Waals surface area contributed by atoms with Gasteiger partial charge >= 0.3 is 6.03 Å². The van der Waals surface area contributed by atoms with Gasteiger partial charge in [-0.25, -0.2) is 9.78 Å². The maximum Gasteiger partial charge on any atom is 0.321 e. The van der Waals surface area contributed by atoms with Gasteiger partial charge < -0.3 is 10.6 Å². The van der Waals surface area contributed by atoms with Crippen molar-refractivity contribution in [3.8, 4) is 11.1 Å². The van der Waals surface area contributed by atoms with Gasteiger partial charge in [-0.1, -0.05) is 12.1 Å². The molecular weight excluding hydrogens is 300 g/mol. The minimum absolute atomic E-state index is 0.00777. The van der Waals surface area contributed by atoms with E-state index in [0.29, 0.717) is 5.41 Å². The molecule has 1 saturated heterocycles. The number of hydrogen-bond donors (Lipinski definition) is 2. The largest absolute Gasteiger partial charge is 0.369 e. The summed E-state index contributed by atoms with van der Waals surface area (Å²) in [7, 11) is 0. The van der Waals surface area contributed by atoms with Crippen molar-refractivity contribution in [2.75, 3.05) is 29.9 Å². The Morgan fingerprint density at radius 2 is 2.04 bits per heavy atom. The Morgan fingerprint density at radius 3 is 2.88 bits per heavy atom. The minimum atomic E-state index is -0.00777. The summed E-state index contributed by atoms with van der Waals surface area (Å²) < 4.78 is 0. The van der Waals surface area contributed by atoms with Gasteiger partial charge in [0, 0.05) is 48.1 Å². The maximum atomic E-state index is 12.1. The van der Waals surface area contributed by atoms with Gasteiger partial charge in [0.05, 0.1) is 0 Å². The molecule has 1 spiro atoms. The quantitative estimate of drug-likeness (QED) is 0.894. The number of carbonyl (C=O) groups excluding carboxylic acids is 1. The Morgan fingerprint density at radius 1 is 1.12 bits per heavy atom. The predicted molar refractivity (Wildman–Crippen MR) is 94.4 cm³/mol. The number of benzene rings is 1. The van der Waals surface area contributed by atoms with Crippen LogP contribution in [0, 0.1) is 0 Å². The van der Waals surface area contributed by atoms with Crippen LogP contribution in [0.4, 0.5) is 16.3 Å². The second-order valence-corrected chi connectivity index (χ2v) is 7.04. The van der Waals surface area contributed by atoms with Crippen molar-refractivity contribution in [2.24, 2.45) is 0 Å². The molecule has 2 aromatic rings. The van der Waals surface area contributed by atoms with Gasteiger partial charge in [-0.15, -0.1) is 0 Å². The maximum absolute atomic E-state index is 12.1. The van der Waals surface area contributed by atoms with Crippen molar-refractivity contribution in [1.29, 1.82) is 0 Å². The average molecular weight is 320 g/mol. The summed E-state index contributed by atoms with van der Waals surface area (Å²) in [5, 5.41) is 6.34. The fourth-order valence-corrected chi connectivity index (χ4v) is 3.84. The fourth-order valence-electron chi connectivity index (χ4n) is 3.84. The lowest BCUT2D eigenvalue weighted by molar-refractivity contribution is 0.243. The number of aromatic nitrogens is 1. The summed E-state index contributed by atoms with van der Waals surface area (Å²) in [5.74, 6) is 1.04. The Bertz CT molecular complexity index is 828. The summed E-state index contributed by atoms with van der Waals surface area (Å²) in [6.07, 6.45) is 5.42. The van der Waals surface area contributed by atoms with Gasteiger partial charge in [-0.05, 0) is 43.0 Å². The van der Waals surface area contributed by atoms with Crippen molar-refractivity contribution in [1.82, 2.24) is 10.3 Å². The fraction of sp³-hybridized carbons (Fsp3) is 0.368. The van der Waals surface area contributed by atoms with Crippen LogP contribution in [0.25, 0.3) is 11.1 Å². The van der Waals surface area contributed by atoms with E-state index in [2.05, 4.69) is 33.8 Å². The van der Waals surface area contributed by atoms with Gasteiger partial charge in [0.1, 0.15) is 5.82 Å². The van der Waals surface area contributed by atoms with Crippen LogP contribution in [0.3, 0.4) is 0 Å². The van der Waals surface area contributed by atoms with Crippen molar-refractivity contribution in [3.63, 3.8) is 0 Å². The van der Waals surface area contributed by atoms with Crippen LogP contribution in [-0.4, -0.2) is 30.6 Å². The summed E-state index contributed by atoms with van der Waals surface area (Å²) in [6.45, 7) is 2.55. The van der Waals surface area contributed by atoms with Gasteiger partial charge in [0.25, 0.3) is 0 Å². The van der Waals surface area contributed by atoms with Crippen molar-refractivity contribution < 1.29 is 4.79 Å². The van der Waals surface area contributed by atoms with E-state index in [1.54, 1.807) is 0 Å². The summed E-state index contributed by atoms with van der Waals surface area (Å²) in [5.41, 5.74) is 4.89. The number of pyridine rings is 1. The molecule has 0 unspecified atom stereocenters. The van der Waals surface area contributed by atoms with Crippen LogP contribution in [0.1, 0.15) is 24.8 Å². The zero-order chi connectivity index (χ0) is 16.1. The molecule has 0 atom stereocenters. The first-order valence-corrected chi connectivity index (χ1v) is 8.65. The number of nitrogens with one attached hydrogen (secondary N) is 2. The van der Waals surface area contributed by atoms with Crippen LogP contribution < -0.4 is 15.5 Å². The second kappa shape index (κ2) is 4.97. The first-order valence-electron chi connectivity index (χ1n) is 8.65. The molecular formula is C19H20N4O. The summed E-state index contributed by atoms with van der Waals surface area (Å²) >= 11 is 0. The summed E-state index contributed by atoms with van der Waals surface area (Å²) in [6, 6.07) is 10.5. The smallest absolute Gasteiger partial charge is 0.321 e. The highest BCUT2D eigenvalue weighted by Gasteiger charge is 2.49. The molecule has 3 aliphatic rings. The number of amides is 2. The molecule has 2 aliphatic heterocycles. The highest BCUT2D eigenvalue weighted by atomic mass is 16.2. The standard InChI is InChI=1S/C19H20N4O/c24-18-20-7-2-8-23(18)15-4-1-3-13(9-15)14-10-16-17(21-11-14)22-12-19(16)5-6-19/h1,3-4,9-11H,2,5-8,12H2,(H,20,24)(H,21,22). The number of anilines is 2. The molecule has 2 fully saturated rings. The number of rotatable bonds is 2. The third-order valence-corrected chi connectivity index (χ3v) is 5.48. The number of hydrogen-bond acceptors (Lipinski definition) is 3. The van der Waals surface area contributed by atoms with E-state index >= 15 is 0 Å². The van der Waals surface area contributed by atoms with Crippen LogP contribution in [0.15, 0.2) is 36.5 Å². The van der Waals surface area contributed by atoms with Crippen molar-refractivity contribution >= 4 is 17.5 Å². The third-order valence-electron chi connectivity index (χ3n) is 5.48. The van der Waals surface area contributed by atoms with Gasteiger partial charge in [-0.2, -0.15) is 0 Å². The molecule has 2 N–H and O–H groups in total. The molecule has 0 radical (unpaired) electrons. The Hall–Kier alpha value is -2.56. The Balaban J connectivity index is 1.52. The molecule has 5 heteroatoms. The van der Waals surface area contributed by atoms with E-state index in [1.165, 1.54) is 18.4 Å². The highest BCUT2D eigenvalue weighted by molar-refractivity contribution is 5.93. The minimum Gasteiger partial charge on any atom is -0.369 e. The first-order chi connectivity index (χ1) is 11.8. The van der Waals surface area contributed by atoms with Gasteiger partial charge in [0.2, 0.25) is 0 Å². The molecule has 24 heavy (non-hydrogen) atoms. The molecule has 1 aromatic heterocycles. The molecule has 1 aromatic carbocycles. The topological polar surface area (TPSA) is 57.3 Å². The molecule has 0 bridgehead atoms. The van der Waals surface area contributed by atoms with Crippen molar-refractivity contribution in [2.45, 2.75) is 24.7 Å². The molecule has 5 nitrogen and oxygen atoms in total. The van der Waals surface area contributed by atoms with Gasteiger partial charge in [-0.3, -0.25) is 4.90 Å². The van der Waals surface area contributed by atoms with E-state index in [-0.39, 0.29) is 6.03 Å². The number of carbonyl (C=O) groups is 1. The predicted octanol–water partition coefficient (Wildman–Crippen LogP) is 3.13. The molecule has 122 valence electrons.